The van der Waals surface area contributed by atoms with Crippen LogP contribution in [0.5, 0.6) is 0 Å². The van der Waals surface area contributed by atoms with Crippen molar-refractivity contribution in [1.82, 2.24) is 9.29 Å². The third kappa shape index (κ3) is 4.96. The Hall–Kier alpha value is -2.11. The van der Waals surface area contributed by atoms with Gasteiger partial charge in [-0.05, 0) is 24.3 Å². The molecule has 0 saturated carbocycles. The van der Waals surface area contributed by atoms with E-state index in [1.807, 2.05) is 0 Å². The average Bonchev–Trinajstić information content (AvgIpc) is 2.91. The number of carbonyl (C=O) groups excluding carboxylic acids is 1. The van der Waals surface area contributed by atoms with Gasteiger partial charge in [0.05, 0.1) is 5.02 Å². The van der Waals surface area contributed by atoms with Crippen LogP contribution in [0.1, 0.15) is 10.5 Å². The Bertz CT molecular complexity index is 941. The summed E-state index contributed by atoms with van der Waals surface area (Å²) in [6, 6.07) is 4.34. The maximum absolute atomic E-state index is 13.1. The zero-order chi connectivity index (χ0) is 19.7. The highest BCUT2D eigenvalue weighted by Crippen LogP contribution is 2.21. The Morgan fingerprint density at radius 3 is 2.50 bits per heavy atom. The first-order valence-electron chi connectivity index (χ1n) is 6.88. The molecule has 0 atom stereocenters. The first-order valence-corrected chi connectivity index (χ1v) is 8.74. The number of amides is 1. The van der Waals surface area contributed by atoms with E-state index in [1.54, 1.807) is 0 Å². The quantitative estimate of drug-likeness (QED) is 0.740. The third-order valence-electron chi connectivity index (χ3n) is 3.16. The van der Waals surface area contributed by atoms with E-state index in [-0.39, 0.29) is 16.4 Å². The predicted molar refractivity (Wildman–Crippen MR) is 86.0 cm³/mol. The number of anilines is 1. The molecule has 2 aromatic rings. The van der Waals surface area contributed by atoms with Crippen molar-refractivity contribution in [2.24, 2.45) is 7.05 Å². The minimum Gasteiger partial charge on any atom is -0.345 e. The summed E-state index contributed by atoms with van der Waals surface area (Å²) in [5, 5.41) is 2.15. The number of alkyl halides is 3. The summed E-state index contributed by atoms with van der Waals surface area (Å²) in [7, 11) is -3.11. The molecule has 142 valence electrons. The second-order valence-electron chi connectivity index (χ2n) is 5.19. The number of halogens is 5. The van der Waals surface area contributed by atoms with Gasteiger partial charge in [0.15, 0.2) is 0 Å². The van der Waals surface area contributed by atoms with Crippen LogP contribution in [0, 0.1) is 5.82 Å². The van der Waals surface area contributed by atoms with Crippen molar-refractivity contribution in [3.05, 3.63) is 47.0 Å². The molecule has 0 aliphatic carbocycles. The molecule has 0 saturated heterocycles. The van der Waals surface area contributed by atoms with Crippen molar-refractivity contribution in [1.29, 1.82) is 0 Å². The Morgan fingerprint density at radius 1 is 1.27 bits per heavy atom. The molecule has 6 nitrogen and oxygen atoms in total. The minimum atomic E-state index is -4.72. The van der Waals surface area contributed by atoms with Crippen LogP contribution in [-0.2, 0) is 17.1 Å². The van der Waals surface area contributed by atoms with Gasteiger partial charge in [-0.15, -0.1) is 0 Å². The molecule has 12 heteroatoms. The number of hydrogen-bond donors (Lipinski definition) is 2. The van der Waals surface area contributed by atoms with Gasteiger partial charge in [0.25, 0.3) is 5.91 Å². The minimum absolute atomic E-state index is 0.141. The van der Waals surface area contributed by atoms with Crippen molar-refractivity contribution in [2.75, 3.05) is 11.9 Å². The van der Waals surface area contributed by atoms with Crippen LogP contribution in [0.4, 0.5) is 23.2 Å². The fourth-order valence-electron chi connectivity index (χ4n) is 1.94. The number of hydrogen-bond acceptors (Lipinski definition) is 3. The van der Waals surface area contributed by atoms with E-state index >= 15 is 0 Å². The SMILES string of the molecule is Cn1cc(S(=O)(=O)NCC(F)(F)F)cc1C(=O)Nc1ccc(F)c(Cl)c1. The highest BCUT2D eigenvalue weighted by atomic mass is 35.5. The van der Waals surface area contributed by atoms with E-state index in [9.17, 15) is 30.8 Å². The molecule has 0 unspecified atom stereocenters. The lowest BCUT2D eigenvalue weighted by molar-refractivity contribution is -0.121. The molecule has 0 aliphatic rings. The standard InChI is InChI=1S/C14H12ClF4N3O3S/c1-22-6-9(26(24,25)20-7-14(17,18)19)5-12(22)13(23)21-8-2-3-11(16)10(15)4-8/h2-6,20H,7H2,1H3,(H,21,23). The van der Waals surface area contributed by atoms with Crippen molar-refractivity contribution >= 4 is 33.2 Å². The topological polar surface area (TPSA) is 80.2 Å². The zero-order valence-electron chi connectivity index (χ0n) is 13.1. The number of rotatable bonds is 5. The second kappa shape index (κ2) is 7.25. The van der Waals surface area contributed by atoms with Crippen molar-refractivity contribution < 1.29 is 30.8 Å². The molecule has 1 aromatic heterocycles. The summed E-state index contributed by atoms with van der Waals surface area (Å²) in [4.78, 5) is 11.7. The number of nitrogens with one attached hydrogen (secondary N) is 2. The van der Waals surface area contributed by atoms with Crippen LogP contribution >= 0.6 is 11.6 Å². The molecule has 1 aromatic carbocycles. The molecule has 0 spiro atoms. The van der Waals surface area contributed by atoms with Crippen LogP contribution in [0.25, 0.3) is 0 Å². The van der Waals surface area contributed by atoms with E-state index in [4.69, 9.17) is 11.6 Å². The van der Waals surface area contributed by atoms with E-state index in [0.29, 0.717) is 0 Å². The van der Waals surface area contributed by atoms with Gasteiger partial charge < -0.3 is 9.88 Å². The molecule has 0 fully saturated rings. The van der Waals surface area contributed by atoms with Gasteiger partial charge in [0, 0.05) is 18.9 Å². The monoisotopic (exact) mass is 413 g/mol. The molecule has 0 aliphatic heterocycles. The number of benzene rings is 1. The van der Waals surface area contributed by atoms with Crippen LogP contribution in [0.3, 0.4) is 0 Å². The van der Waals surface area contributed by atoms with Crippen LogP contribution in [0.15, 0.2) is 35.4 Å². The summed E-state index contributed by atoms with van der Waals surface area (Å²) in [5.74, 6) is -1.44. The van der Waals surface area contributed by atoms with E-state index < -0.39 is 39.4 Å². The van der Waals surface area contributed by atoms with Gasteiger partial charge in [0.2, 0.25) is 10.0 Å². The lowest BCUT2D eigenvalue weighted by Gasteiger charge is -2.07. The predicted octanol–water partition coefficient (Wildman–Crippen LogP) is 2.91. The van der Waals surface area contributed by atoms with Gasteiger partial charge >= 0.3 is 6.18 Å². The molecule has 0 radical (unpaired) electrons. The Morgan fingerprint density at radius 2 is 1.92 bits per heavy atom. The lowest BCUT2D eigenvalue weighted by atomic mass is 10.3. The third-order valence-corrected chi connectivity index (χ3v) is 4.82. The van der Waals surface area contributed by atoms with Crippen LogP contribution in [0.2, 0.25) is 5.02 Å². The first-order chi connectivity index (χ1) is 11.9. The van der Waals surface area contributed by atoms with Crippen LogP contribution in [-0.4, -0.2) is 31.6 Å². The fourth-order valence-corrected chi connectivity index (χ4v) is 3.20. The normalized spacial score (nSPS) is 12.2. The van der Waals surface area contributed by atoms with Crippen molar-refractivity contribution in [3.63, 3.8) is 0 Å². The van der Waals surface area contributed by atoms with Gasteiger partial charge in [-0.3, -0.25) is 4.79 Å². The Labute approximate surface area is 150 Å². The summed E-state index contributed by atoms with van der Waals surface area (Å²) in [5.41, 5.74) is 0.0139. The highest BCUT2D eigenvalue weighted by Gasteiger charge is 2.31. The van der Waals surface area contributed by atoms with Crippen molar-refractivity contribution in [2.45, 2.75) is 11.1 Å². The van der Waals surface area contributed by atoms with Crippen molar-refractivity contribution in [3.8, 4) is 0 Å². The molecular formula is C14H12ClF4N3O3S. The van der Waals surface area contributed by atoms with Gasteiger partial charge in [0.1, 0.15) is 23.0 Å². The maximum Gasteiger partial charge on any atom is 0.402 e. The second-order valence-corrected chi connectivity index (χ2v) is 7.37. The van der Waals surface area contributed by atoms with Crippen LogP contribution < -0.4 is 10.0 Å². The molecule has 26 heavy (non-hydrogen) atoms. The highest BCUT2D eigenvalue weighted by molar-refractivity contribution is 7.89. The van der Waals surface area contributed by atoms with Gasteiger partial charge in [-0.2, -0.15) is 13.2 Å². The Kier molecular flexibility index (Phi) is 5.64. The van der Waals surface area contributed by atoms with E-state index in [0.717, 1.165) is 29.0 Å². The lowest BCUT2D eigenvalue weighted by Crippen LogP contribution is -2.33. The molecule has 0 bridgehead atoms. The number of sulfonamides is 1. The summed E-state index contributed by atoms with van der Waals surface area (Å²) in [6.45, 7) is -1.74. The number of aromatic nitrogens is 1. The number of nitrogens with zero attached hydrogens (tertiary/aromatic N) is 1. The average molecular weight is 414 g/mol. The maximum atomic E-state index is 13.1. The Balaban J connectivity index is 2.21. The zero-order valence-corrected chi connectivity index (χ0v) is 14.6. The largest absolute Gasteiger partial charge is 0.402 e. The molecule has 1 amide bonds. The fraction of sp³-hybridized carbons (Fsp3) is 0.214. The summed E-state index contributed by atoms with van der Waals surface area (Å²) in [6.07, 6.45) is -3.73. The molecule has 2 N–H and O–H groups in total. The van der Waals surface area contributed by atoms with Gasteiger partial charge in [-0.25, -0.2) is 17.5 Å². The summed E-state index contributed by atoms with van der Waals surface area (Å²) >= 11 is 5.60. The number of aryl methyl sites for hydroxylation is 1. The molecular weight excluding hydrogens is 402 g/mol. The molecule has 1 heterocycles. The first kappa shape index (κ1) is 20.2. The van der Waals surface area contributed by atoms with Gasteiger partial charge in [-0.1, -0.05) is 11.6 Å². The smallest absolute Gasteiger partial charge is 0.345 e. The van der Waals surface area contributed by atoms with E-state index in [1.165, 1.54) is 17.8 Å². The van der Waals surface area contributed by atoms with E-state index in [2.05, 4.69) is 5.32 Å². The summed E-state index contributed by atoms with van der Waals surface area (Å²) < 4.78 is 76.0. The molecule has 2 rings (SSSR count). The number of carbonyl (C=O) groups is 1.